The first-order valence-electron chi connectivity index (χ1n) is 6.65. The summed E-state index contributed by atoms with van der Waals surface area (Å²) in [6, 6.07) is 14.5. The van der Waals surface area contributed by atoms with E-state index in [4.69, 9.17) is 11.6 Å². The normalized spacial score (nSPS) is 16.6. The molecule has 2 aromatic carbocycles. The molecule has 1 aliphatic rings. The van der Waals surface area contributed by atoms with Gasteiger partial charge in [0.25, 0.3) is 11.1 Å². The number of anilines is 1. The minimum atomic E-state index is -0.321. The van der Waals surface area contributed by atoms with Crippen LogP contribution in [0.4, 0.5) is 10.5 Å². The van der Waals surface area contributed by atoms with E-state index in [1.54, 1.807) is 30.3 Å². The predicted octanol–water partition coefficient (Wildman–Crippen LogP) is 4.89. The van der Waals surface area contributed by atoms with Gasteiger partial charge < -0.3 is 0 Å². The molecule has 1 heterocycles. The highest BCUT2D eigenvalue weighted by atomic mass is 35.5. The molecule has 0 saturated carbocycles. The van der Waals surface area contributed by atoms with Crippen LogP contribution in [-0.2, 0) is 4.79 Å². The summed E-state index contributed by atoms with van der Waals surface area (Å²) in [6.07, 6.45) is 1.73. The predicted molar refractivity (Wildman–Crippen MR) is 91.1 cm³/mol. The molecular weight excluding hydrogens is 318 g/mol. The zero-order chi connectivity index (χ0) is 15.7. The van der Waals surface area contributed by atoms with Crippen molar-refractivity contribution in [1.29, 1.82) is 0 Å². The first-order valence-corrected chi connectivity index (χ1v) is 7.84. The molecule has 0 aromatic heterocycles. The van der Waals surface area contributed by atoms with Gasteiger partial charge in [-0.25, -0.2) is 4.90 Å². The number of nitrogens with zero attached hydrogens (tertiary/aromatic N) is 1. The molecule has 3 rings (SSSR count). The summed E-state index contributed by atoms with van der Waals surface area (Å²) >= 11 is 6.87. The first-order chi connectivity index (χ1) is 10.5. The van der Waals surface area contributed by atoms with E-state index < -0.39 is 0 Å². The summed E-state index contributed by atoms with van der Waals surface area (Å²) in [7, 11) is 0. The molecule has 5 heteroatoms. The summed E-state index contributed by atoms with van der Waals surface area (Å²) in [5, 5.41) is 0.171. The topological polar surface area (TPSA) is 37.4 Å². The molecule has 0 bridgehead atoms. The minimum Gasteiger partial charge on any atom is -0.268 e. The van der Waals surface area contributed by atoms with Crippen LogP contribution < -0.4 is 4.90 Å². The van der Waals surface area contributed by atoms with Crippen LogP contribution in [0, 0.1) is 6.92 Å². The van der Waals surface area contributed by atoms with Crippen molar-refractivity contribution in [3.8, 4) is 0 Å². The van der Waals surface area contributed by atoms with Crippen molar-refractivity contribution >= 4 is 46.3 Å². The monoisotopic (exact) mass is 329 g/mol. The van der Waals surface area contributed by atoms with Crippen LogP contribution in [0.2, 0.25) is 5.02 Å². The fraction of sp³-hybridized carbons (Fsp3) is 0.0588. The van der Waals surface area contributed by atoms with Crippen LogP contribution in [0.15, 0.2) is 53.4 Å². The molecule has 0 aliphatic carbocycles. The molecule has 22 heavy (non-hydrogen) atoms. The lowest BCUT2D eigenvalue weighted by molar-refractivity contribution is -0.113. The maximum absolute atomic E-state index is 12.5. The molecule has 3 nitrogen and oxygen atoms in total. The molecule has 0 N–H and O–H groups in total. The van der Waals surface area contributed by atoms with Crippen molar-refractivity contribution in [2.75, 3.05) is 4.90 Å². The number of hydrogen-bond donors (Lipinski definition) is 0. The highest BCUT2D eigenvalue weighted by Gasteiger charge is 2.36. The smallest absolute Gasteiger partial charge is 0.268 e. The maximum Gasteiger partial charge on any atom is 0.298 e. The van der Waals surface area contributed by atoms with Crippen LogP contribution >= 0.6 is 23.4 Å². The lowest BCUT2D eigenvalue weighted by atomic mass is 10.1. The van der Waals surface area contributed by atoms with Gasteiger partial charge in [0.1, 0.15) is 0 Å². The van der Waals surface area contributed by atoms with Gasteiger partial charge in [-0.1, -0.05) is 47.5 Å². The lowest BCUT2D eigenvalue weighted by Gasteiger charge is -2.12. The van der Waals surface area contributed by atoms with Gasteiger partial charge in [-0.05, 0) is 48.5 Å². The number of imide groups is 1. The number of amides is 2. The molecule has 1 fully saturated rings. The highest BCUT2D eigenvalue weighted by Crippen LogP contribution is 2.36. The standard InChI is InChI=1S/C17H12ClNO2S/c1-11-5-7-12(8-6-11)9-15-16(20)19(17(21)22-15)14-4-2-3-13(18)10-14/h2-10H,1H3/b15-9-. The Balaban J connectivity index is 1.93. The van der Waals surface area contributed by atoms with E-state index >= 15 is 0 Å². The first kappa shape index (κ1) is 14.9. The summed E-state index contributed by atoms with van der Waals surface area (Å²) in [5.74, 6) is -0.321. The fourth-order valence-corrected chi connectivity index (χ4v) is 3.15. The van der Waals surface area contributed by atoms with Crippen LogP contribution in [0.25, 0.3) is 6.08 Å². The van der Waals surface area contributed by atoms with Crippen LogP contribution in [-0.4, -0.2) is 11.1 Å². The van der Waals surface area contributed by atoms with Crippen LogP contribution in [0.1, 0.15) is 11.1 Å². The highest BCUT2D eigenvalue weighted by molar-refractivity contribution is 8.19. The third-order valence-corrected chi connectivity index (χ3v) is 4.34. The molecule has 1 saturated heterocycles. The van der Waals surface area contributed by atoms with Crippen molar-refractivity contribution < 1.29 is 9.59 Å². The number of rotatable bonds is 2. The Kier molecular flexibility index (Phi) is 4.05. The number of carbonyl (C=O) groups excluding carboxylic acids is 2. The van der Waals surface area contributed by atoms with E-state index in [1.165, 1.54) is 0 Å². The Bertz CT molecular complexity index is 784. The molecule has 0 radical (unpaired) electrons. The van der Waals surface area contributed by atoms with E-state index in [1.807, 2.05) is 31.2 Å². The lowest BCUT2D eigenvalue weighted by Crippen LogP contribution is -2.27. The number of hydrogen-bond acceptors (Lipinski definition) is 3. The molecule has 0 spiro atoms. The van der Waals surface area contributed by atoms with Crippen LogP contribution in [0.3, 0.4) is 0 Å². The molecule has 2 aromatic rings. The number of halogens is 1. The Morgan fingerprint density at radius 1 is 1.09 bits per heavy atom. The average molecular weight is 330 g/mol. The van der Waals surface area contributed by atoms with Gasteiger partial charge in [0, 0.05) is 5.02 Å². The number of carbonyl (C=O) groups is 2. The fourth-order valence-electron chi connectivity index (χ4n) is 2.12. The van der Waals surface area contributed by atoms with Crippen molar-refractivity contribution in [1.82, 2.24) is 0 Å². The number of aryl methyl sites for hydroxylation is 1. The third kappa shape index (κ3) is 2.93. The van der Waals surface area contributed by atoms with Crippen LogP contribution in [0.5, 0.6) is 0 Å². The van der Waals surface area contributed by atoms with Crippen molar-refractivity contribution in [3.05, 3.63) is 69.6 Å². The third-order valence-electron chi connectivity index (χ3n) is 3.24. The van der Waals surface area contributed by atoms with E-state index in [0.29, 0.717) is 15.6 Å². The Morgan fingerprint density at radius 2 is 1.82 bits per heavy atom. The average Bonchev–Trinajstić information content (AvgIpc) is 2.76. The minimum absolute atomic E-state index is 0.314. The van der Waals surface area contributed by atoms with Crippen molar-refractivity contribution in [2.45, 2.75) is 6.92 Å². The second-order valence-corrected chi connectivity index (χ2v) is 6.34. The van der Waals surface area contributed by atoms with Crippen molar-refractivity contribution in [2.24, 2.45) is 0 Å². The largest absolute Gasteiger partial charge is 0.298 e. The summed E-state index contributed by atoms with van der Waals surface area (Å²) in [5.41, 5.74) is 2.52. The van der Waals surface area contributed by atoms with Gasteiger partial charge in [-0.15, -0.1) is 0 Å². The molecule has 0 unspecified atom stereocenters. The van der Waals surface area contributed by atoms with E-state index in [2.05, 4.69) is 0 Å². The van der Waals surface area contributed by atoms with Crippen molar-refractivity contribution in [3.63, 3.8) is 0 Å². The van der Waals surface area contributed by atoms with Gasteiger partial charge in [-0.3, -0.25) is 9.59 Å². The van der Waals surface area contributed by atoms with Gasteiger partial charge in [0.2, 0.25) is 0 Å². The Labute approximate surface area is 137 Å². The Morgan fingerprint density at radius 3 is 2.50 bits per heavy atom. The second-order valence-electron chi connectivity index (χ2n) is 4.91. The second kappa shape index (κ2) is 5.99. The summed E-state index contributed by atoms with van der Waals surface area (Å²) < 4.78 is 0. The molecular formula is C17H12ClNO2S. The number of benzene rings is 2. The SMILES string of the molecule is Cc1ccc(/C=C2\SC(=O)N(c3cccc(Cl)c3)C2=O)cc1. The van der Waals surface area contributed by atoms with E-state index in [9.17, 15) is 9.59 Å². The van der Waals surface area contributed by atoms with Gasteiger partial charge in [0.15, 0.2) is 0 Å². The van der Waals surface area contributed by atoms with E-state index in [0.717, 1.165) is 27.8 Å². The Hall–Kier alpha value is -2.04. The molecule has 110 valence electrons. The van der Waals surface area contributed by atoms with Gasteiger partial charge in [-0.2, -0.15) is 0 Å². The summed E-state index contributed by atoms with van der Waals surface area (Å²) in [4.78, 5) is 26.2. The summed E-state index contributed by atoms with van der Waals surface area (Å²) in [6.45, 7) is 2.00. The zero-order valence-electron chi connectivity index (χ0n) is 11.7. The van der Waals surface area contributed by atoms with Gasteiger partial charge >= 0.3 is 0 Å². The quantitative estimate of drug-likeness (QED) is 0.736. The zero-order valence-corrected chi connectivity index (χ0v) is 13.3. The van der Waals surface area contributed by atoms with E-state index in [-0.39, 0.29) is 11.1 Å². The van der Waals surface area contributed by atoms with Gasteiger partial charge in [0.05, 0.1) is 10.6 Å². The molecule has 0 atom stereocenters. The molecule has 2 amide bonds. The maximum atomic E-state index is 12.5. The molecule has 1 aliphatic heterocycles. The number of thioether (sulfide) groups is 1.